The topological polar surface area (TPSA) is 220 Å². The summed E-state index contributed by atoms with van der Waals surface area (Å²) in [6.07, 6.45) is 0.516. The first-order valence-corrected chi connectivity index (χ1v) is 10.6. The molecule has 6 N–H and O–H groups in total. The van der Waals surface area contributed by atoms with Gasteiger partial charge in [-0.15, -0.1) is 0 Å². The molecule has 0 aliphatic heterocycles. The molecule has 0 aliphatic carbocycles. The first-order chi connectivity index (χ1) is 17.9. The van der Waals surface area contributed by atoms with E-state index in [-0.39, 0.29) is 76.3 Å². The molecule has 0 amide bonds. The summed E-state index contributed by atoms with van der Waals surface area (Å²) in [6.45, 7) is 4.08. The van der Waals surface area contributed by atoms with Gasteiger partial charge in [0.05, 0.1) is 12.2 Å². The van der Waals surface area contributed by atoms with Gasteiger partial charge in [0.15, 0.2) is 23.6 Å². The fourth-order valence-corrected chi connectivity index (χ4v) is 2.50. The van der Waals surface area contributed by atoms with E-state index in [1.165, 1.54) is 69.3 Å². The number of aromatic hydroxyl groups is 3. The van der Waals surface area contributed by atoms with E-state index in [9.17, 15) is 19.2 Å². The molecule has 0 saturated heterocycles. The Kier molecular flexibility index (Phi) is 19.2. The number of phenolic OH excluding ortho intramolecular Hbond substituents is 2. The standard InChI is InChI=1S/C9H10O3.C9H8O3.C8H8O2.H2N3O.Na/c2*1-6(11)7-2-3-9(12)8(4-7)5-10;1-6(9)7-2-4-8(10)5-3-7;1-2-3-4;/h2-4,10,12H,5H2,1H3;2-5,12H,1H3;2-5,10H,1H3;(H2-,1,2,3,4);/q;;;-1;+1. The summed E-state index contributed by atoms with van der Waals surface area (Å²) in [7, 11) is 0. The SMILES string of the molecule is CC(=O)c1ccc(O)c(C=O)c1.CC(=O)c1ccc(O)c(CO)c1.CC(=O)c1ccc(O)cc1.N=N[N-]O.[Na+]. The number of phenols is 3. The zero-order chi connectivity index (χ0) is 29.3. The molecular formula is C26H28N3NaO9. The quantitative estimate of drug-likeness (QED) is 0.0866. The van der Waals surface area contributed by atoms with Crippen molar-refractivity contribution in [2.24, 2.45) is 5.22 Å². The second-order valence-corrected chi connectivity index (χ2v) is 7.30. The minimum absolute atomic E-state index is 0. The zero-order valence-corrected chi connectivity index (χ0v) is 23.8. The van der Waals surface area contributed by atoms with Crippen LogP contribution in [0.5, 0.6) is 17.2 Å². The van der Waals surface area contributed by atoms with Crippen molar-refractivity contribution in [2.75, 3.05) is 0 Å². The molecule has 13 heteroatoms. The number of hydrogen-bond donors (Lipinski definition) is 6. The zero-order valence-electron chi connectivity index (χ0n) is 21.8. The molecule has 0 radical (unpaired) electrons. The molecule has 202 valence electrons. The van der Waals surface area contributed by atoms with Crippen LogP contribution in [-0.2, 0) is 6.61 Å². The van der Waals surface area contributed by atoms with E-state index < -0.39 is 0 Å². The average Bonchev–Trinajstić information content (AvgIpc) is 2.90. The second kappa shape index (κ2) is 20.1. The number of benzene rings is 3. The van der Waals surface area contributed by atoms with Crippen LogP contribution in [0, 0.1) is 5.53 Å². The summed E-state index contributed by atoms with van der Waals surface area (Å²) in [5, 5.41) is 45.1. The Morgan fingerprint density at radius 3 is 1.59 bits per heavy atom. The van der Waals surface area contributed by atoms with Gasteiger partial charge in [0.1, 0.15) is 17.2 Å². The van der Waals surface area contributed by atoms with Gasteiger partial charge in [-0.3, -0.25) is 30.0 Å². The third-order valence-electron chi connectivity index (χ3n) is 4.54. The summed E-state index contributed by atoms with van der Waals surface area (Å²) in [5.74, 6) is -0.0923. The number of nitrogens with zero attached hydrogens (tertiary/aromatic N) is 2. The number of aliphatic hydroxyl groups excluding tert-OH is 1. The smallest absolute Gasteiger partial charge is 0.508 e. The van der Waals surface area contributed by atoms with E-state index in [0.717, 1.165) is 0 Å². The molecule has 0 fully saturated rings. The van der Waals surface area contributed by atoms with Gasteiger partial charge in [-0.05, 0) is 81.4 Å². The molecule has 0 atom stereocenters. The van der Waals surface area contributed by atoms with Gasteiger partial charge in [0.2, 0.25) is 0 Å². The van der Waals surface area contributed by atoms with Gasteiger partial charge in [0.25, 0.3) is 0 Å². The van der Waals surface area contributed by atoms with Crippen LogP contribution in [0.2, 0.25) is 0 Å². The molecule has 0 spiro atoms. The normalized spacial score (nSPS) is 8.85. The molecule has 3 aromatic rings. The van der Waals surface area contributed by atoms with Crippen molar-refractivity contribution in [2.45, 2.75) is 27.4 Å². The van der Waals surface area contributed by atoms with Crippen LogP contribution in [0.15, 0.2) is 65.9 Å². The molecule has 0 heterocycles. The predicted molar refractivity (Wildman–Crippen MR) is 136 cm³/mol. The van der Waals surface area contributed by atoms with Gasteiger partial charge in [0, 0.05) is 22.3 Å². The van der Waals surface area contributed by atoms with Crippen molar-refractivity contribution >= 4 is 23.6 Å². The predicted octanol–water partition coefficient (Wildman–Crippen LogP) is 1.79. The number of nitrogens with one attached hydrogen (secondary N) is 1. The number of carbonyl (C=O) groups is 4. The molecule has 0 bridgehead atoms. The maximum Gasteiger partial charge on any atom is 1.00 e. The van der Waals surface area contributed by atoms with Crippen LogP contribution in [0.4, 0.5) is 0 Å². The molecule has 3 rings (SSSR count). The van der Waals surface area contributed by atoms with Gasteiger partial charge in [-0.2, -0.15) is 0 Å². The van der Waals surface area contributed by atoms with Crippen LogP contribution in [0.3, 0.4) is 0 Å². The largest absolute Gasteiger partial charge is 1.00 e. The molecule has 39 heavy (non-hydrogen) atoms. The van der Waals surface area contributed by atoms with Crippen molar-refractivity contribution in [3.05, 3.63) is 94.1 Å². The van der Waals surface area contributed by atoms with Gasteiger partial charge >= 0.3 is 29.6 Å². The van der Waals surface area contributed by atoms with E-state index in [1.54, 1.807) is 12.1 Å². The maximum atomic E-state index is 10.9. The Balaban J connectivity index is 0. The fourth-order valence-electron chi connectivity index (χ4n) is 2.50. The number of aliphatic hydroxyl groups is 1. The third-order valence-corrected chi connectivity index (χ3v) is 4.54. The maximum absolute atomic E-state index is 10.9. The molecular weight excluding hydrogens is 521 g/mol. The van der Waals surface area contributed by atoms with Crippen molar-refractivity contribution < 1.29 is 74.4 Å². The van der Waals surface area contributed by atoms with Crippen LogP contribution >= 0.6 is 0 Å². The molecule has 0 aromatic heterocycles. The summed E-state index contributed by atoms with van der Waals surface area (Å²) >= 11 is 0. The third kappa shape index (κ3) is 14.5. The minimum atomic E-state index is -0.257. The Morgan fingerprint density at radius 2 is 1.21 bits per heavy atom. The second-order valence-electron chi connectivity index (χ2n) is 7.30. The van der Waals surface area contributed by atoms with E-state index in [4.69, 9.17) is 31.2 Å². The number of Topliss-reactive ketones (excluding diaryl/α,β-unsaturated/α-hetero) is 3. The van der Waals surface area contributed by atoms with E-state index in [1.807, 2.05) is 5.59 Å². The molecule has 0 aliphatic rings. The first kappa shape index (κ1) is 37.2. The van der Waals surface area contributed by atoms with Crippen molar-refractivity contribution in [3.8, 4) is 17.2 Å². The Morgan fingerprint density at radius 1 is 0.795 bits per heavy atom. The van der Waals surface area contributed by atoms with E-state index >= 15 is 0 Å². The van der Waals surface area contributed by atoms with Crippen molar-refractivity contribution in [1.82, 2.24) is 0 Å². The van der Waals surface area contributed by atoms with E-state index in [2.05, 4.69) is 5.22 Å². The molecule has 12 nitrogen and oxygen atoms in total. The number of aldehydes is 1. The monoisotopic (exact) mass is 549 g/mol. The Labute approximate surface area is 246 Å². The van der Waals surface area contributed by atoms with Crippen molar-refractivity contribution in [1.29, 1.82) is 5.53 Å². The molecule has 0 saturated carbocycles. The number of hydrogen-bond acceptors (Lipinski definition) is 11. The first-order valence-electron chi connectivity index (χ1n) is 10.6. The summed E-state index contributed by atoms with van der Waals surface area (Å²) in [5.41, 5.74) is 9.75. The Hall–Kier alpha value is -3.94. The minimum Gasteiger partial charge on any atom is -0.508 e. The molecule has 0 unspecified atom stereocenters. The van der Waals surface area contributed by atoms with Gasteiger partial charge in [-0.25, -0.2) is 0 Å². The van der Waals surface area contributed by atoms with Crippen LogP contribution in [0.1, 0.15) is 67.8 Å². The summed E-state index contributed by atoms with van der Waals surface area (Å²) < 4.78 is 0. The Bertz CT molecular complexity index is 1250. The number of rotatable bonds is 6. The van der Waals surface area contributed by atoms with Crippen LogP contribution in [0.25, 0.3) is 5.59 Å². The number of carbonyl (C=O) groups excluding carboxylic acids is 4. The van der Waals surface area contributed by atoms with Gasteiger partial charge in [-0.1, -0.05) is 0 Å². The number of ketones is 3. The molecule has 3 aromatic carbocycles. The van der Waals surface area contributed by atoms with E-state index in [0.29, 0.717) is 28.5 Å². The van der Waals surface area contributed by atoms with Crippen LogP contribution in [-0.4, -0.2) is 49.3 Å². The summed E-state index contributed by atoms with van der Waals surface area (Å²) in [4.78, 5) is 42.7. The van der Waals surface area contributed by atoms with Gasteiger partial charge < -0.3 is 31.2 Å². The van der Waals surface area contributed by atoms with Crippen LogP contribution < -0.4 is 29.6 Å². The van der Waals surface area contributed by atoms with Crippen molar-refractivity contribution in [3.63, 3.8) is 0 Å². The fraction of sp³-hybridized carbons (Fsp3) is 0.154. The summed E-state index contributed by atoms with van der Waals surface area (Å²) in [6, 6.07) is 14.8. The average molecular weight is 550 g/mol.